The zero-order chi connectivity index (χ0) is 11.4. The third-order valence-electron chi connectivity index (χ3n) is 3.10. The van der Waals surface area contributed by atoms with Crippen LogP contribution in [0.25, 0.3) is 0 Å². The summed E-state index contributed by atoms with van der Waals surface area (Å²) in [5.74, 6) is 0.926. The monoisotopic (exact) mass is 223 g/mol. The summed E-state index contributed by atoms with van der Waals surface area (Å²) in [6.45, 7) is 2.18. The van der Waals surface area contributed by atoms with Crippen molar-refractivity contribution in [3.63, 3.8) is 0 Å². The first-order valence-corrected chi connectivity index (χ1v) is 5.74. The molecular weight excluding hydrogens is 206 g/mol. The first-order valence-electron chi connectivity index (χ1n) is 5.74. The van der Waals surface area contributed by atoms with Crippen LogP contribution in [0.15, 0.2) is 16.8 Å². The lowest BCUT2D eigenvalue weighted by Gasteiger charge is -2.29. The van der Waals surface area contributed by atoms with Gasteiger partial charge < -0.3 is 9.84 Å². The van der Waals surface area contributed by atoms with Gasteiger partial charge in [-0.2, -0.15) is 0 Å². The second-order valence-corrected chi connectivity index (χ2v) is 4.34. The van der Waals surface area contributed by atoms with Crippen molar-refractivity contribution in [1.82, 2.24) is 10.5 Å². The van der Waals surface area contributed by atoms with Gasteiger partial charge in [-0.05, 0) is 18.8 Å². The normalized spacial score (nSPS) is 25.1. The molecular formula is C11H17N3O2. The van der Waals surface area contributed by atoms with Crippen LogP contribution in [0.4, 0.5) is 10.7 Å². The molecule has 2 rings (SSSR count). The number of aromatic nitrogens is 1. The second-order valence-electron chi connectivity index (χ2n) is 4.34. The zero-order valence-corrected chi connectivity index (χ0v) is 9.40. The average Bonchev–Trinajstić information content (AvgIpc) is 2.74. The van der Waals surface area contributed by atoms with Gasteiger partial charge in [0, 0.05) is 12.1 Å². The fourth-order valence-electron chi connectivity index (χ4n) is 2.13. The van der Waals surface area contributed by atoms with E-state index in [0.717, 1.165) is 6.42 Å². The van der Waals surface area contributed by atoms with Crippen molar-refractivity contribution < 1.29 is 9.32 Å². The van der Waals surface area contributed by atoms with Crippen molar-refractivity contribution in [3.8, 4) is 0 Å². The smallest absolute Gasteiger partial charge is 0.321 e. The molecule has 2 unspecified atom stereocenters. The van der Waals surface area contributed by atoms with Crippen LogP contribution in [-0.4, -0.2) is 17.2 Å². The Kier molecular flexibility index (Phi) is 3.44. The molecule has 5 nitrogen and oxygen atoms in total. The molecule has 0 aromatic carbocycles. The van der Waals surface area contributed by atoms with Crippen molar-refractivity contribution >= 4 is 11.9 Å². The molecule has 88 valence electrons. The number of carbonyl (C=O) groups excluding carboxylic acids is 1. The molecule has 1 aliphatic carbocycles. The molecule has 1 aliphatic rings. The SMILES string of the molecule is CC1CCCCC1NC(=O)Nc1ccno1. The summed E-state index contributed by atoms with van der Waals surface area (Å²) >= 11 is 0. The van der Waals surface area contributed by atoms with Gasteiger partial charge in [0.25, 0.3) is 0 Å². The maximum absolute atomic E-state index is 11.6. The molecule has 5 heteroatoms. The van der Waals surface area contributed by atoms with E-state index in [0.29, 0.717) is 11.8 Å². The number of hydrogen-bond donors (Lipinski definition) is 2. The van der Waals surface area contributed by atoms with E-state index in [-0.39, 0.29) is 12.1 Å². The highest BCUT2D eigenvalue weighted by molar-refractivity contribution is 5.87. The maximum atomic E-state index is 11.6. The lowest BCUT2D eigenvalue weighted by Crippen LogP contribution is -2.43. The Labute approximate surface area is 94.6 Å². The highest BCUT2D eigenvalue weighted by Crippen LogP contribution is 2.23. The van der Waals surface area contributed by atoms with Crippen molar-refractivity contribution in [1.29, 1.82) is 0 Å². The Morgan fingerprint density at radius 3 is 3.00 bits per heavy atom. The third-order valence-corrected chi connectivity index (χ3v) is 3.10. The fourth-order valence-corrected chi connectivity index (χ4v) is 2.13. The Hall–Kier alpha value is -1.52. The number of amides is 2. The largest absolute Gasteiger partial charge is 0.338 e. The molecule has 1 fully saturated rings. The predicted molar refractivity (Wildman–Crippen MR) is 60.1 cm³/mol. The molecule has 0 saturated heterocycles. The van der Waals surface area contributed by atoms with Crippen LogP contribution in [0, 0.1) is 5.92 Å². The van der Waals surface area contributed by atoms with Crippen LogP contribution >= 0.6 is 0 Å². The van der Waals surface area contributed by atoms with Crippen molar-refractivity contribution in [2.45, 2.75) is 38.6 Å². The topological polar surface area (TPSA) is 67.2 Å². The minimum atomic E-state index is -0.212. The van der Waals surface area contributed by atoms with Crippen LogP contribution in [0.5, 0.6) is 0 Å². The van der Waals surface area contributed by atoms with Gasteiger partial charge in [0.15, 0.2) is 0 Å². The van der Waals surface area contributed by atoms with Crippen molar-refractivity contribution in [2.75, 3.05) is 5.32 Å². The number of carbonyl (C=O) groups is 1. The van der Waals surface area contributed by atoms with Gasteiger partial charge in [-0.3, -0.25) is 5.32 Å². The van der Waals surface area contributed by atoms with E-state index in [1.165, 1.54) is 25.5 Å². The van der Waals surface area contributed by atoms with Gasteiger partial charge in [0.2, 0.25) is 5.88 Å². The highest BCUT2D eigenvalue weighted by atomic mass is 16.5. The van der Waals surface area contributed by atoms with E-state index >= 15 is 0 Å². The zero-order valence-electron chi connectivity index (χ0n) is 9.40. The van der Waals surface area contributed by atoms with Gasteiger partial charge in [-0.15, -0.1) is 0 Å². The fraction of sp³-hybridized carbons (Fsp3) is 0.636. The number of anilines is 1. The lowest BCUT2D eigenvalue weighted by molar-refractivity contribution is 0.231. The molecule has 1 heterocycles. The number of rotatable bonds is 2. The molecule has 1 aromatic rings. The third kappa shape index (κ3) is 2.74. The summed E-state index contributed by atoms with van der Waals surface area (Å²) < 4.78 is 4.80. The average molecular weight is 223 g/mol. The minimum absolute atomic E-state index is 0.212. The molecule has 1 aromatic heterocycles. The summed E-state index contributed by atoms with van der Waals surface area (Å²) in [7, 11) is 0. The summed E-state index contributed by atoms with van der Waals surface area (Å²) in [6, 6.07) is 1.68. The van der Waals surface area contributed by atoms with E-state index in [1.807, 2.05) is 0 Å². The van der Waals surface area contributed by atoms with Crippen LogP contribution < -0.4 is 10.6 Å². The number of nitrogens with one attached hydrogen (secondary N) is 2. The number of nitrogens with zero attached hydrogens (tertiary/aromatic N) is 1. The van der Waals surface area contributed by atoms with Crippen LogP contribution in [-0.2, 0) is 0 Å². The summed E-state index contributed by atoms with van der Waals surface area (Å²) in [5, 5.41) is 9.10. The number of urea groups is 1. The maximum Gasteiger partial charge on any atom is 0.321 e. The first-order chi connectivity index (χ1) is 7.75. The van der Waals surface area contributed by atoms with E-state index < -0.39 is 0 Å². The van der Waals surface area contributed by atoms with Gasteiger partial charge >= 0.3 is 6.03 Å². The van der Waals surface area contributed by atoms with Gasteiger partial charge in [0.05, 0.1) is 6.20 Å². The molecule has 1 saturated carbocycles. The van der Waals surface area contributed by atoms with E-state index in [4.69, 9.17) is 4.52 Å². The molecule has 0 aliphatic heterocycles. The molecule has 2 amide bonds. The number of hydrogen-bond acceptors (Lipinski definition) is 3. The van der Waals surface area contributed by atoms with Crippen LogP contribution in [0.2, 0.25) is 0 Å². The van der Waals surface area contributed by atoms with Crippen molar-refractivity contribution in [2.24, 2.45) is 5.92 Å². The van der Waals surface area contributed by atoms with E-state index in [2.05, 4.69) is 22.7 Å². The standard InChI is InChI=1S/C11H17N3O2/c1-8-4-2-3-5-9(8)13-11(15)14-10-6-7-12-16-10/h6-9H,2-5H2,1H3,(H2,13,14,15). The van der Waals surface area contributed by atoms with Crippen LogP contribution in [0.3, 0.4) is 0 Å². The minimum Gasteiger partial charge on any atom is -0.338 e. The Morgan fingerprint density at radius 1 is 1.50 bits per heavy atom. The molecule has 0 radical (unpaired) electrons. The molecule has 2 atom stereocenters. The van der Waals surface area contributed by atoms with Gasteiger partial charge in [0.1, 0.15) is 0 Å². The first kappa shape index (κ1) is 11.0. The Balaban J connectivity index is 1.82. The van der Waals surface area contributed by atoms with E-state index in [1.54, 1.807) is 6.07 Å². The van der Waals surface area contributed by atoms with E-state index in [9.17, 15) is 4.79 Å². The Bertz CT molecular complexity index is 337. The quantitative estimate of drug-likeness (QED) is 0.808. The molecule has 0 bridgehead atoms. The summed E-state index contributed by atoms with van der Waals surface area (Å²) in [5.41, 5.74) is 0. The molecule has 2 N–H and O–H groups in total. The second kappa shape index (κ2) is 5.01. The van der Waals surface area contributed by atoms with Gasteiger partial charge in [-0.1, -0.05) is 24.9 Å². The Morgan fingerprint density at radius 2 is 2.31 bits per heavy atom. The van der Waals surface area contributed by atoms with Crippen molar-refractivity contribution in [3.05, 3.63) is 12.3 Å². The highest BCUT2D eigenvalue weighted by Gasteiger charge is 2.22. The van der Waals surface area contributed by atoms with Crippen LogP contribution in [0.1, 0.15) is 32.6 Å². The summed E-state index contributed by atoms with van der Waals surface area (Å²) in [4.78, 5) is 11.6. The summed E-state index contributed by atoms with van der Waals surface area (Å²) in [6.07, 6.45) is 6.21. The predicted octanol–water partition coefficient (Wildman–Crippen LogP) is 2.37. The van der Waals surface area contributed by atoms with Gasteiger partial charge in [-0.25, -0.2) is 4.79 Å². The molecule has 16 heavy (non-hydrogen) atoms. The lowest BCUT2D eigenvalue weighted by atomic mass is 9.86. The molecule has 0 spiro atoms.